The number of fused-ring (bicyclic) bond motifs is 1. The van der Waals surface area contributed by atoms with E-state index in [4.69, 9.17) is 27.9 Å². The molecule has 2 aromatic carbocycles. The molecule has 220 valence electrons. The van der Waals surface area contributed by atoms with Crippen LogP contribution in [0.2, 0.25) is 10.0 Å². The second kappa shape index (κ2) is 10.9. The number of benzene rings is 2. The SMILES string of the molecule is CC(Oc1ccc(-c2nc3c(c(=O)[nH]c(=O)n3C[C@@H](O)C(F)(F)F)n2C)cc1OC(F)(F)F)c1ccc(Cl)cc1Cl. The number of imidazole rings is 1. The third-order valence-corrected chi connectivity index (χ3v) is 6.44. The number of halogens is 8. The highest BCUT2D eigenvalue weighted by Gasteiger charge is 2.39. The van der Waals surface area contributed by atoms with Gasteiger partial charge in [-0.1, -0.05) is 29.3 Å². The van der Waals surface area contributed by atoms with Crippen molar-refractivity contribution in [3.8, 4) is 22.9 Å². The van der Waals surface area contributed by atoms with E-state index in [9.17, 15) is 41.0 Å². The summed E-state index contributed by atoms with van der Waals surface area (Å²) in [4.78, 5) is 30.7. The van der Waals surface area contributed by atoms with E-state index in [1.54, 1.807) is 0 Å². The number of H-pyrrole nitrogens is 1. The Bertz CT molecular complexity index is 1730. The fourth-order valence-electron chi connectivity index (χ4n) is 3.98. The number of hydrogen-bond donors (Lipinski definition) is 2. The molecule has 0 saturated heterocycles. The van der Waals surface area contributed by atoms with Gasteiger partial charge in [0, 0.05) is 28.2 Å². The van der Waals surface area contributed by atoms with Gasteiger partial charge in [0.1, 0.15) is 11.9 Å². The molecule has 0 spiro atoms. The number of hydrogen-bond acceptors (Lipinski definition) is 6. The molecule has 0 aliphatic carbocycles. The van der Waals surface area contributed by atoms with Gasteiger partial charge in [-0.25, -0.2) is 9.78 Å². The number of rotatable bonds is 7. The van der Waals surface area contributed by atoms with Crippen LogP contribution in [0.5, 0.6) is 11.5 Å². The molecule has 0 saturated carbocycles. The molecular weight excluding hydrogens is 609 g/mol. The zero-order chi connectivity index (χ0) is 30.4. The van der Waals surface area contributed by atoms with E-state index in [-0.39, 0.29) is 27.7 Å². The van der Waals surface area contributed by atoms with Crippen LogP contribution in [0.1, 0.15) is 18.6 Å². The molecule has 0 fully saturated rings. The van der Waals surface area contributed by atoms with Crippen molar-refractivity contribution in [3.05, 3.63) is 72.8 Å². The fraction of sp³-hybridized carbons (Fsp3) is 0.292. The van der Waals surface area contributed by atoms with Gasteiger partial charge in [0.25, 0.3) is 5.56 Å². The first-order valence-electron chi connectivity index (χ1n) is 11.4. The average Bonchev–Trinajstić information content (AvgIpc) is 3.18. The minimum absolute atomic E-state index is 0.0813. The monoisotopic (exact) mass is 626 g/mol. The Morgan fingerprint density at radius 1 is 1.05 bits per heavy atom. The number of aromatic amines is 1. The number of nitrogens with zero attached hydrogens (tertiary/aromatic N) is 3. The molecule has 17 heteroatoms. The Morgan fingerprint density at radius 2 is 1.73 bits per heavy atom. The van der Waals surface area contributed by atoms with Crippen molar-refractivity contribution in [2.75, 3.05) is 0 Å². The summed E-state index contributed by atoms with van der Waals surface area (Å²) in [7, 11) is 1.26. The quantitative estimate of drug-likeness (QED) is 0.267. The van der Waals surface area contributed by atoms with Gasteiger partial charge in [0.05, 0.1) is 6.54 Å². The lowest BCUT2D eigenvalue weighted by atomic mass is 10.1. The number of ether oxygens (including phenoxy) is 2. The van der Waals surface area contributed by atoms with Crippen LogP contribution in [-0.2, 0) is 13.6 Å². The first-order chi connectivity index (χ1) is 19.0. The van der Waals surface area contributed by atoms with Crippen molar-refractivity contribution in [3.63, 3.8) is 0 Å². The van der Waals surface area contributed by atoms with Gasteiger partial charge in [0.2, 0.25) is 0 Å². The lowest BCUT2D eigenvalue weighted by Gasteiger charge is -2.20. The van der Waals surface area contributed by atoms with Crippen molar-refractivity contribution in [1.82, 2.24) is 19.1 Å². The number of aromatic nitrogens is 4. The maximum absolute atomic E-state index is 13.3. The van der Waals surface area contributed by atoms with Gasteiger partial charge in [-0.3, -0.25) is 14.3 Å². The minimum Gasteiger partial charge on any atom is -0.482 e. The predicted molar refractivity (Wildman–Crippen MR) is 135 cm³/mol. The predicted octanol–water partition coefficient (Wildman–Crippen LogP) is 5.36. The Balaban J connectivity index is 1.82. The number of alkyl halides is 6. The topological polar surface area (TPSA) is 111 Å². The number of aliphatic hydroxyl groups is 1. The van der Waals surface area contributed by atoms with Gasteiger partial charge in [0.15, 0.2) is 28.8 Å². The summed E-state index contributed by atoms with van der Waals surface area (Å²) in [6, 6.07) is 7.74. The standard InChI is InChI=1S/C24H18Cl2F6N4O5/c1-10(13-5-4-12(25)8-14(13)26)40-15-6-3-11(7-16(15)41-24(30,31)32)19-33-20-18(35(19)2)21(38)34-22(39)36(20)9-17(37)23(27,28)29/h3-8,10,17,37H,9H2,1-2H3,(H,34,38,39)/t10?,17-/m1/s1. The molecule has 2 N–H and O–H groups in total. The Labute approximate surface area is 235 Å². The van der Waals surface area contributed by atoms with Gasteiger partial charge < -0.3 is 19.1 Å². The molecule has 2 aromatic heterocycles. The third kappa shape index (κ3) is 6.47. The van der Waals surface area contributed by atoms with E-state index in [0.29, 0.717) is 15.2 Å². The van der Waals surface area contributed by atoms with Crippen molar-refractivity contribution < 1.29 is 40.9 Å². The van der Waals surface area contributed by atoms with E-state index in [1.165, 1.54) is 38.2 Å². The highest BCUT2D eigenvalue weighted by molar-refractivity contribution is 6.35. The van der Waals surface area contributed by atoms with Crippen molar-refractivity contribution in [2.24, 2.45) is 7.05 Å². The largest absolute Gasteiger partial charge is 0.573 e. The van der Waals surface area contributed by atoms with E-state index in [1.807, 2.05) is 4.98 Å². The zero-order valence-electron chi connectivity index (χ0n) is 20.8. The zero-order valence-corrected chi connectivity index (χ0v) is 22.3. The lowest BCUT2D eigenvalue weighted by molar-refractivity contribution is -0.275. The summed E-state index contributed by atoms with van der Waals surface area (Å²) < 4.78 is 90.1. The van der Waals surface area contributed by atoms with Gasteiger partial charge in [-0.05, 0) is 37.3 Å². The van der Waals surface area contributed by atoms with Crippen LogP contribution in [0.25, 0.3) is 22.6 Å². The van der Waals surface area contributed by atoms with Crippen LogP contribution in [0.4, 0.5) is 26.3 Å². The number of aliphatic hydroxyl groups excluding tert-OH is 1. The van der Waals surface area contributed by atoms with Crippen molar-refractivity contribution >= 4 is 34.4 Å². The van der Waals surface area contributed by atoms with Crippen LogP contribution in [-0.4, -0.2) is 42.9 Å². The molecular formula is C24H18Cl2F6N4O5. The van der Waals surface area contributed by atoms with Gasteiger partial charge >= 0.3 is 18.2 Å². The van der Waals surface area contributed by atoms with Crippen LogP contribution in [0.3, 0.4) is 0 Å². The number of nitrogens with one attached hydrogen (secondary N) is 1. The summed E-state index contributed by atoms with van der Waals surface area (Å²) >= 11 is 12.1. The molecule has 0 bridgehead atoms. The molecule has 41 heavy (non-hydrogen) atoms. The van der Waals surface area contributed by atoms with Crippen LogP contribution in [0, 0.1) is 0 Å². The minimum atomic E-state index is -5.16. The van der Waals surface area contributed by atoms with Crippen LogP contribution in [0.15, 0.2) is 46.0 Å². The molecule has 1 unspecified atom stereocenters. The molecule has 4 rings (SSSR count). The summed E-state index contributed by atoms with van der Waals surface area (Å²) in [5.41, 5.74) is -2.89. The highest BCUT2D eigenvalue weighted by Crippen LogP contribution is 2.39. The van der Waals surface area contributed by atoms with Crippen LogP contribution < -0.4 is 20.7 Å². The van der Waals surface area contributed by atoms with E-state index < -0.39 is 53.9 Å². The molecule has 0 aliphatic rings. The number of aryl methyl sites for hydroxylation is 1. The second-order valence-corrected chi connectivity index (χ2v) is 9.57. The maximum Gasteiger partial charge on any atom is 0.573 e. The second-order valence-electron chi connectivity index (χ2n) is 8.73. The van der Waals surface area contributed by atoms with Crippen molar-refractivity contribution in [1.29, 1.82) is 0 Å². The molecule has 0 aliphatic heterocycles. The summed E-state index contributed by atoms with van der Waals surface area (Å²) in [5, 5.41) is 10.0. The normalized spacial score (nSPS) is 13.8. The van der Waals surface area contributed by atoms with Gasteiger partial charge in [-0.2, -0.15) is 13.2 Å². The van der Waals surface area contributed by atoms with Crippen LogP contribution >= 0.6 is 23.2 Å². The van der Waals surface area contributed by atoms with E-state index in [2.05, 4.69) is 9.72 Å². The Hall–Kier alpha value is -3.69. The molecule has 9 nitrogen and oxygen atoms in total. The van der Waals surface area contributed by atoms with Crippen molar-refractivity contribution in [2.45, 2.75) is 38.2 Å². The Kier molecular flexibility index (Phi) is 8.08. The third-order valence-electron chi connectivity index (χ3n) is 5.88. The van der Waals surface area contributed by atoms with Gasteiger partial charge in [-0.15, -0.1) is 13.2 Å². The molecule has 2 atom stereocenters. The summed E-state index contributed by atoms with van der Waals surface area (Å²) in [5.74, 6) is -1.37. The summed E-state index contributed by atoms with van der Waals surface area (Å²) in [6.45, 7) is 0.221. The molecule has 4 aromatic rings. The Morgan fingerprint density at radius 3 is 2.34 bits per heavy atom. The first-order valence-corrected chi connectivity index (χ1v) is 12.2. The molecule has 0 radical (unpaired) electrons. The highest BCUT2D eigenvalue weighted by atomic mass is 35.5. The fourth-order valence-corrected chi connectivity index (χ4v) is 4.55. The maximum atomic E-state index is 13.3. The molecule has 0 amide bonds. The smallest absolute Gasteiger partial charge is 0.482 e. The van der Waals surface area contributed by atoms with E-state index >= 15 is 0 Å². The molecule has 2 heterocycles. The first kappa shape index (κ1) is 30.3. The lowest BCUT2D eigenvalue weighted by Crippen LogP contribution is -2.39. The van der Waals surface area contributed by atoms with E-state index in [0.717, 1.165) is 16.7 Å². The average molecular weight is 627 g/mol. The summed E-state index contributed by atoms with van der Waals surface area (Å²) in [6.07, 6.45) is -14.1.